The average molecular weight is 784 g/mol. The van der Waals surface area contributed by atoms with Gasteiger partial charge in [0.1, 0.15) is 0 Å². The molecule has 0 aromatic rings. The van der Waals surface area contributed by atoms with Crippen LogP contribution < -0.4 is 5.32 Å². The Labute approximate surface area is 350 Å². The van der Waals surface area contributed by atoms with Gasteiger partial charge in [-0.25, -0.2) is 0 Å². The first-order valence-corrected chi connectivity index (χ1v) is 24.9. The molecule has 2 atom stereocenters. The molecule has 0 aliphatic heterocycles. The molecular weight excluding hydrogens is 687 g/mol. The van der Waals surface area contributed by atoms with E-state index >= 15 is 0 Å². The van der Waals surface area contributed by atoms with Crippen LogP contribution in [0.2, 0.25) is 0 Å². The SMILES string of the molecule is CCCCCCC/C=C\C/C=C\C/C=C\CCCCCCCCCCCCC(=O)NC(CO)C(O)/C=C/CCCCCCCCCCCCCCCCCCC. The molecule has 2 unspecified atom stereocenters. The summed E-state index contributed by atoms with van der Waals surface area (Å²) in [6, 6.07) is -0.625. The third kappa shape index (κ3) is 43.5. The maximum absolute atomic E-state index is 12.4. The number of carbonyl (C=O) groups is 1. The lowest BCUT2D eigenvalue weighted by Gasteiger charge is -2.20. The van der Waals surface area contributed by atoms with E-state index in [-0.39, 0.29) is 12.5 Å². The number of hydrogen-bond donors (Lipinski definition) is 3. The summed E-state index contributed by atoms with van der Waals surface area (Å²) in [5, 5.41) is 23.1. The molecule has 4 heteroatoms. The second kappa shape index (κ2) is 47.7. The molecule has 0 aromatic carbocycles. The van der Waals surface area contributed by atoms with E-state index < -0.39 is 12.1 Å². The van der Waals surface area contributed by atoms with Crippen molar-refractivity contribution in [2.45, 2.75) is 270 Å². The Kier molecular flexibility index (Phi) is 46.3. The van der Waals surface area contributed by atoms with Gasteiger partial charge in [0.25, 0.3) is 0 Å². The van der Waals surface area contributed by atoms with E-state index in [0.29, 0.717) is 6.42 Å². The quantitative estimate of drug-likeness (QED) is 0.0425. The second-order valence-corrected chi connectivity index (χ2v) is 16.9. The summed E-state index contributed by atoms with van der Waals surface area (Å²) in [5.41, 5.74) is 0. The molecule has 328 valence electrons. The van der Waals surface area contributed by atoms with Crippen LogP contribution in [-0.2, 0) is 4.79 Å². The molecule has 0 fully saturated rings. The van der Waals surface area contributed by atoms with E-state index in [1.54, 1.807) is 6.08 Å². The Balaban J connectivity index is 3.55. The monoisotopic (exact) mass is 784 g/mol. The molecule has 1 amide bonds. The van der Waals surface area contributed by atoms with Crippen molar-refractivity contribution in [1.82, 2.24) is 5.32 Å². The van der Waals surface area contributed by atoms with Gasteiger partial charge in [0, 0.05) is 6.42 Å². The van der Waals surface area contributed by atoms with Crippen molar-refractivity contribution in [2.75, 3.05) is 6.61 Å². The van der Waals surface area contributed by atoms with Gasteiger partial charge in [-0.2, -0.15) is 0 Å². The fourth-order valence-electron chi connectivity index (χ4n) is 7.48. The summed E-state index contributed by atoms with van der Waals surface area (Å²) in [4.78, 5) is 12.4. The lowest BCUT2D eigenvalue weighted by atomic mass is 10.0. The average Bonchev–Trinajstić information content (AvgIpc) is 3.20. The van der Waals surface area contributed by atoms with Gasteiger partial charge in [-0.05, 0) is 57.8 Å². The minimum Gasteiger partial charge on any atom is -0.394 e. The van der Waals surface area contributed by atoms with Gasteiger partial charge in [-0.1, -0.05) is 242 Å². The Morgan fingerprint density at radius 1 is 0.429 bits per heavy atom. The third-order valence-electron chi connectivity index (χ3n) is 11.3. The predicted octanol–water partition coefficient (Wildman–Crippen LogP) is 15.9. The molecule has 0 heterocycles. The highest BCUT2D eigenvalue weighted by molar-refractivity contribution is 5.76. The van der Waals surface area contributed by atoms with Crippen molar-refractivity contribution < 1.29 is 15.0 Å². The number of rotatable bonds is 45. The van der Waals surface area contributed by atoms with E-state index in [1.165, 1.54) is 199 Å². The summed E-state index contributed by atoms with van der Waals surface area (Å²) >= 11 is 0. The molecule has 0 aromatic heterocycles. The summed E-state index contributed by atoms with van der Waals surface area (Å²) in [5.74, 6) is -0.0671. The number of hydrogen-bond acceptors (Lipinski definition) is 3. The Morgan fingerprint density at radius 2 is 0.732 bits per heavy atom. The zero-order valence-corrected chi connectivity index (χ0v) is 37.7. The topological polar surface area (TPSA) is 69.6 Å². The van der Waals surface area contributed by atoms with Gasteiger partial charge in [-0.15, -0.1) is 0 Å². The summed E-state index contributed by atoms with van der Waals surface area (Å²) in [6.07, 6.45) is 65.2. The van der Waals surface area contributed by atoms with Crippen LogP contribution in [-0.4, -0.2) is 34.9 Å². The lowest BCUT2D eigenvalue weighted by Crippen LogP contribution is -2.45. The third-order valence-corrected chi connectivity index (χ3v) is 11.3. The first kappa shape index (κ1) is 54.3. The highest BCUT2D eigenvalue weighted by Crippen LogP contribution is 2.16. The molecular formula is C52H97NO3. The lowest BCUT2D eigenvalue weighted by molar-refractivity contribution is -0.123. The highest BCUT2D eigenvalue weighted by atomic mass is 16.3. The fraction of sp³-hybridized carbons (Fsp3) is 0.827. The van der Waals surface area contributed by atoms with Crippen LogP contribution >= 0.6 is 0 Å². The molecule has 0 saturated carbocycles. The molecule has 0 bridgehead atoms. The molecule has 0 rings (SSSR count). The number of aliphatic hydroxyl groups excluding tert-OH is 2. The van der Waals surface area contributed by atoms with Crippen molar-refractivity contribution in [2.24, 2.45) is 0 Å². The molecule has 0 radical (unpaired) electrons. The standard InChI is InChI=1S/C52H97NO3/c1-3-5-7-9-11-13-15-17-19-21-23-24-25-26-27-28-30-32-34-36-38-40-42-44-46-48-52(56)53-50(49-54)51(55)47-45-43-41-39-37-35-33-31-29-22-20-18-16-14-12-10-8-6-4-2/h15,17,21,23,25-26,45,47,50-51,54-55H,3-14,16,18-20,22,24,27-44,46,48-49H2,1-2H3,(H,53,56)/b17-15-,23-21-,26-25-,47-45+. The smallest absolute Gasteiger partial charge is 0.220 e. The molecule has 3 N–H and O–H groups in total. The summed E-state index contributed by atoms with van der Waals surface area (Å²) in [6.45, 7) is 4.31. The number of aliphatic hydroxyl groups is 2. The van der Waals surface area contributed by atoms with Gasteiger partial charge in [-0.3, -0.25) is 4.79 Å². The van der Waals surface area contributed by atoms with Gasteiger partial charge < -0.3 is 15.5 Å². The first-order valence-electron chi connectivity index (χ1n) is 24.9. The van der Waals surface area contributed by atoms with E-state index in [2.05, 4.69) is 55.6 Å². The van der Waals surface area contributed by atoms with Crippen LogP contribution in [0.3, 0.4) is 0 Å². The number of amides is 1. The first-order chi connectivity index (χ1) is 27.7. The van der Waals surface area contributed by atoms with Crippen molar-refractivity contribution >= 4 is 5.91 Å². The number of allylic oxidation sites excluding steroid dienone is 7. The number of unbranched alkanes of at least 4 members (excludes halogenated alkanes) is 32. The maximum atomic E-state index is 12.4. The molecule has 56 heavy (non-hydrogen) atoms. The largest absolute Gasteiger partial charge is 0.394 e. The van der Waals surface area contributed by atoms with Crippen molar-refractivity contribution in [1.29, 1.82) is 0 Å². The van der Waals surface area contributed by atoms with Crippen molar-refractivity contribution in [3.8, 4) is 0 Å². The van der Waals surface area contributed by atoms with Gasteiger partial charge in [0.05, 0.1) is 18.8 Å². The van der Waals surface area contributed by atoms with E-state index in [9.17, 15) is 15.0 Å². The van der Waals surface area contributed by atoms with Crippen molar-refractivity contribution in [3.63, 3.8) is 0 Å². The molecule has 0 spiro atoms. The second-order valence-electron chi connectivity index (χ2n) is 16.9. The van der Waals surface area contributed by atoms with E-state index in [0.717, 1.165) is 38.5 Å². The minimum absolute atomic E-state index is 0.0671. The highest BCUT2D eigenvalue weighted by Gasteiger charge is 2.18. The van der Waals surface area contributed by atoms with Gasteiger partial charge in [0.15, 0.2) is 0 Å². The van der Waals surface area contributed by atoms with E-state index in [1.807, 2.05) is 6.08 Å². The molecule has 0 aliphatic rings. The fourth-order valence-corrected chi connectivity index (χ4v) is 7.48. The molecule has 0 saturated heterocycles. The zero-order valence-electron chi connectivity index (χ0n) is 37.7. The Hall–Kier alpha value is -1.65. The zero-order chi connectivity index (χ0) is 40.7. The number of carbonyl (C=O) groups excluding carboxylic acids is 1. The normalized spacial score (nSPS) is 13.3. The minimum atomic E-state index is -0.842. The molecule has 4 nitrogen and oxygen atoms in total. The Morgan fingerprint density at radius 3 is 1.09 bits per heavy atom. The van der Waals surface area contributed by atoms with Crippen molar-refractivity contribution in [3.05, 3.63) is 48.6 Å². The van der Waals surface area contributed by atoms with Crippen LogP contribution in [0, 0.1) is 0 Å². The summed E-state index contributed by atoms with van der Waals surface area (Å²) < 4.78 is 0. The van der Waals surface area contributed by atoms with Crippen LogP contribution in [0.15, 0.2) is 48.6 Å². The van der Waals surface area contributed by atoms with Gasteiger partial charge >= 0.3 is 0 Å². The maximum Gasteiger partial charge on any atom is 0.220 e. The van der Waals surface area contributed by atoms with Gasteiger partial charge in [0.2, 0.25) is 5.91 Å². The van der Waals surface area contributed by atoms with E-state index in [4.69, 9.17) is 0 Å². The predicted molar refractivity (Wildman–Crippen MR) is 248 cm³/mol. The van der Waals surface area contributed by atoms with Crippen LogP contribution in [0.25, 0.3) is 0 Å². The molecule has 0 aliphatic carbocycles. The Bertz CT molecular complexity index is 893. The number of nitrogens with one attached hydrogen (secondary N) is 1. The van der Waals surface area contributed by atoms with Crippen LogP contribution in [0.5, 0.6) is 0 Å². The van der Waals surface area contributed by atoms with Crippen LogP contribution in [0.4, 0.5) is 0 Å². The van der Waals surface area contributed by atoms with Crippen LogP contribution in [0.1, 0.15) is 258 Å². The summed E-state index contributed by atoms with van der Waals surface area (Å²) in [7, 11) is 0.